The normalized spacial score (nSPS) is 24.5. The van der Waals surface area contributed by atoms with Gasteiger partial charge in [-0.25, -0.2) is 0 Å². The molecule has 2 aliphatic heterocycles. The first kappa shape index (κ1) is 20.9. The Bertz CT molecular complexity index is 1030. The highest BCUT2D eigenvalue weighted by atomic mass is 35.5. The van der Waals surface area contributed by atoms with Crippen LogP contribution in [0.1, 0.15) is 40.1 Å². The van der Waals surface area contributed by atoms with Gasteiger partial charge in [-0.2, -0.15) is 0 Å². The minimum Gasteiger partial charge on any atom is -0.378 e. The van der Waals surface area contributed by atoms with E-state index < -0.39 is 5.54 Å². The highest BCUT2D eigenvalue weighted by molar-refractivity contribution is 7.18. The van der Waals surface area contributed by atoms with Crippen LogP contribution in [0.2, 0.25) is 4.34 Å². The molecule has 1 aromatic heterocycles. The standard InChI is InChI=1S/C23H26ClN3O3S/c1-27-10-6-15-2-3-17(12-16(15)13-22(27)7-8-22)25-21(29)23(9-11-30-14-23)26-20(28)18-4-5-19(24)31-18/h2-5,12H,6-11,13-14H2,1H3,(H,25,29)(H,26,28)/t23-/m0/s1. The molecule has 1 aliphatic carbocycles. The molecular formula is C23H26ClN3O3S. The van der Waals surface area contributed by atoms with E-state index in [0.717, 1.165) is 25.1 Å². The lowest BCUT2D eigenvalue weighted by atomic mass is 9.95. The zero-order chi connectivity index (χ0) is 21.6. The van der Waals surface area contributed by atoms with Crippen molar-refractivity contribution in [1.82, 2.24) is 10.2 Å². The van der Waals surface area contributed by atoms with E-state index in [0.29, 0.717) is 27.8 Å². The molecule has 2 N–H and O–H groups in total. The number of carbonyl (C=O) groups excluding carboxylic acids is 2. The van der Waals surface area contributed by atoms with Gasteiger partial charge in [0.2, 0.25) is 0 Å². The molecular weight excluding hydrogens is 434 g/mol. The Hall–Kier alpha value is -1.93. The van der Waals surface area contributed by atoms with Crippen LogP contribution < -0.4 is 10.6 Å². The van der Waals surface area contributed by atoms with Gasteiger partial charge >= 0.3 is 0 Å². The summed E-state index contributed by atoms with van der Waals surface area (Å²) in [5.74, 6) is -0.550. The Morgan fingerprint density at radius 1 is 1.16 bits per heavy atom. The molecule has 2 aromatic rings. The lowest BCUT2D eigenvalue weighted by Gasteiger charge is -2.27. The number of hydrogen-bond acceptors (Lipinski definition) is 5. The van der Waals surface area contributed by atoms with Gasteiger partial charge in [-0.1, -0.05) is 17.7 Å². The number of halogens is 1. The Kier molecular flexibility index (Phi) is 5.33. The van der Waals surface area contributed by atoms with Gasteiger partial charge in [0.1, 0.15) is 5.54 Å². The van der Waals surface area contributed by atoms with E-state index in [1.807, 2.05) is 6.07 Å². The minimum atomic E-state index is -1.09. The van der Waals surface area contributed by atoms with Gasteiger partial charge in [0, 0.05) is 30.8 Å². The van der Waals surface area contributed by atoms with Gasteiger partial charge in [-0.05, 0) is 68.1 Å². The predicted octanol–water partition coefficient (Wildman–Crippen LogP) is 3.49. The second-order valence-corrected chi connectivity index (χ2v) is 10.7. The first-order chi connectivity index (χ1) is 14.9. The fourth-order valence-corrected chi connectivity index (χ4v) is 5.63. The Morgan fingerprint density at radius 3 is 2.68 bits per heavy atom. The number of thiophene rings is 1. The Morgan fingerprint density at radius 2 is 2.00 bits per heavy atom. The van der Waals surface area contributed by atoms with Crippen LogP contribution in [0, 0.1) is 0 Å². The van der Waals surface area contributed by atoms with Gasteiger partial charge in [-0.15, -0.1) is 11.3 Å². The zero-order valence-electron chi connectivity index (χ0n) is 17.5. The van der Waals surface area contributed by atoms with E-state index in [2.05, 4.69) is 34.7 Å². The Labute approximate surface area is 190 Å². The van der Waals surface area contributed by atoms with Crippen LogP contribution in [0.5, 0.6) is 0 Å². The van der Waals surface area contributed by atoms with Gasteiger partial charge in [0.05, 0.1) is 15.8 Å². The number of amides is 2. The fraction of sp³-hybridized carbons (Fsp3) is 0.478. The molecule has 3 heterocycles. The lowest BCUT2D eigenvalue weighted by molar-refractivity contribution is -0.122. The van der Waals surface area contributed by atoms with Crippen molar-refractivity contribution < 1.29 is 14.3 Å². The highest BCUT2D eigenvalue weighted by Crippen LogP contribution is 2.46. The monoisotopic (exact) mass is 459 g/mol. The molecule has 3 aliphatic rings. The molecule has 2 amide bonds. The molecule has 1 spiro atoms. The van der Waals surface area contributed by atoms with Crippen LogP contribution in [-0.4, -0.2) is 54.6 Å². The van der Waals surface area contributed by atoms with Crippen LogP contribution in [0.4, 0.5) is 5.69 Å². The third-order valence-corrected chi connectivity index (χ3v) is 8.17. The molecule has 1 aromatic carbocycles. The summed E-state index contributed by atoms with van der Waals surface area (Å²) in [7, 11) is 2.22. The number of ether oxygens (including phenoxy) is 1. The first-order valence-corrected chi connectivity index (χ1v) is 11.9. The number of hydrogen-bond donors (Lipinski definition) is 2. The molecule has 2 fully saturated rings. The van der Waals surface area contributed by atoms with Gasteiger partial charge in [0.15, 0.2) is 0 Å². The number of anilines is 1. The second-order valence-electron chi connectivity index (χ2n) is 8.95. The molecule has 0 radical (unpaired) electrons. The van der Waals surface area contributed by atoms with Crippen LogP contribution in [0.15, 0.2) is 30.3 Å². The third-order valence-electron chi connectivity index (χ3n) is 6.94. The summed E-state index contributed by atoms with van der Waals surface area (Å²) < 4.78 is 6.05. The van der Waals surface area contributed by atoms with Crippen LogP contribution in [-0.2, 0) is 22.4 Å². The average molecular weight is 460 g/mol. The summed E-state index contributed by atoms with van der Waals surface area (Å²) in [5.41, 5.74) is 2.65. The average Bonchev–Trinajstić information content (AvgIpc) is 3.18. The van der Waals surface area contributed by atoms with Crippen molar-refractivity contribution in [3.63, 3.8) is 0 Å². The van der Waals surface area contributed by atoms with Gasteiger partial charge in [0.25, 0.3) is 11.8 Å². The van der Waals surface area contributed by atoms with Crippen molar-refractivity contribution in [1.29, 1.82) is 0 Å². The number of fused-ring (bicyclic) bond motifs is 1. The van der Waals surface area contributed by atoms with E-state index in [1.54, 1.807) is 12.1 Å². The fourth-order valence-electron chi connectivity index (χ4n) is 4.70. The lowest BCUT2D eigenvalue weighted by Crippen LogP contribution is -2.57. The van der Waals surface area contributed by atoms with Crippen molar-refractivity contribution in [3.8, 4) is 0 Å². The van der Waals surface area contributed by atoms with Crippen molar-refractivity contribution in [2.24, 2.45) is 0 Å². The molecule has 1 saturated heterocycles. The maximum Gasteiger partial charge on any atom is 0.262 e. The summed E-state index contributed by atoms with van der Waals surface area (Å²) >= 11 is 7.15. The number of nitrogens with one attached hydrogen (secondary N) is 2. The summed E-state index contributed by atoms with van der Waals surface area (Å²) in [5, 5.41) is 5.96. The summed E-state index contributed by atoms with van der Waals surface area (Å²) in [6.45, 7) is 1.65. The van der Waals surface area contributed by atoms with E-state index in [1.165, 1.54) is 35.3 Å². The van der Waals surface area contributed by atoms with E-state index in [-0.39, 0.29) is 18.4 Å². The van der Waals surface area contributed by atoms with Crippen LogP contribution in [0.25, 0.3) is 0 Å². The number of nitrogens with zero attached hydrogens (tertiary/aromatic N) is 1. The molecule has 31 heavy (non-hydrogen) atoms. The second kappa shape index (κ2) is 7.89. The SMILES string of the molecule is CN1CCc2ccc(NC(=O)[C@]3(NC(=O)c4ccc(Cl)s4)CCOC3)cc2CC12CC2. The number of rotatable bonds is 4. The topological polar surface area (TPSA) is 70.7 Å². The summed E-state index contributed by atoms with van der Waals surface area (Å²) in [6.07, 6.45) is 4.95. The molecule has 1 atom stereocenters. The molecule has 0 bridgehead atoms. The number of benzene rings is 1. The quantitative estimate of drug-likeness (QED) is 0.734. The van der Waals surface area contributed by atoms with Crippen LogP contribution >= 0.6 is 22.9 Å². The minimum absolute atomic E-state index is 0.155. The summed E-state index contributed by atoms with van der Waals surface area (Å²) in [6, 6.07) is 9.55. The van der Waals surface area contributed by atoms with Crippen molar-refractivity contribution >= 4 is 40.4 Å². The van der Waals surface area contributed by atoms with E-state index in [4.69, 9.17) is 16.3 Å². The third kappa shape index (κ3) is 4.00. The smallest absolute Gasteiger partial charge is 0.262 e. The van der Waals surface area contributed by atoms with Crippen molar-refractivity contribution in [3.05, 3.63) is 50.7 Å². The van der Waals surface area contributed by atoms with Gasteiger partial charge in [-0.3, -0.25) is 9.59 Å². The largest absolute Gasteiger partial charge is 0.378 e. The summed E-state index contributed by atoms with van der Waals surface area (Å²) in [4.78, 5) is 29.0. The molecule has 0 unspecified atom stereocenters. The zero-order valence-corrected chi connectivity index (χ0v) is 19.1. The maximum atomic E-state index is 13.3. The maximum absolute atomic E-state index is 13.3. The molecule has 8 heteroatoms. The molecule has 1 saturated carbocycles. The molecule has 6 nitrogen and oxygen atoms in total. The van der Waals surface area contributed by atoms with E-state index >= 15 is 0 Å². The molecule has 5 rings (SSSR count). The number of carbonyl (C=O) groups is 2. The van der Waals surface area contributed by atoms with Gasteiger partial charge < -0.3 is 20.3 Å². The van der Waals surface area contributed by atoms with Crippen molar-refractivity contribution in [2.75, 3.05) is 32.1 Å². The number of likely N-dealkylation sites (N-methyl/N-ethyl adjacent to an activating group) is 1. The molecule has 164 valence electrons. The highest BCUT2D eigenvalue weighted by Gasteiger charge is 2.47. The predicted molar refractivity (Wildman–Crippen MR) is 122 cm³/mol. The first-order valence-electron chi connectivity index (χ1n) is 10.7. The Balaban J connectivity index is 1.34. The van der Waals surface area contributed by atoms with E-state index in [9.17, 15) is 9.59 Å². The van der Waals surface area contributed by atoms with Crippen molar-refractivity contribution in [2.45, 2.75) is 43.2 Å². The van der Waals surface area contributed by atoms with Crippen LogP contribution in [0.3, 0.4) is 0 Å².